The molecule has 10 heteroatoms. The lowest BCUT2D eigenvalue weighted by Gasteiger charge is -2.11. The van der Waals surface area contributed by atoms with E-state index in [0.717, 1.165) is 22.9 Å². The van der Waals surface area contributed by atoms with Gasteiger partial charge in [0.2, 0.25) is 10.0 Å². The van der Waals surface area contributed by atoms with Crippen LogP contribution in [-0.4, -0.2) is 23.9 Å². The molecule has 0 fully saturated rings. The topological polar surface area (TPSA) is 115 Å². The predicted molar refractivity (Wildman–Crippen MR) is 76.2 cm³/mol. The van der Waals surface area contributed by atoms with Crippen molar-refractivity contribution in [2.45, 2.75) is 24.1 Å². The van der Waals surface area contributed by atoms with Crippen LogP contribution in [-0.2, 0) is 10.0 Å². The van der Waals surface area contributed by atoms with E-state index < -0.39 is 10.0 Å². The van der Waals surface area contributed by atoms with Crippen LogP contribution in [0.3, 0.4) is 0 Å². The van der Waals surface area contributed by atoms with E-state index in [0.29, 0.717) is 15.4 Å². The molecule has 0 bridgehead atoms. The van der Waals surface area contributed by atoms with Crippen LogP contribution in [0.1, 0.15) is 33.2 Å². The molecule has 3 N–H and O–H groups in total. The Labute approximate surface area is 124 Å². The maximum atomic E-state index is 12.0. The normalized spacial score (nSPS) is 13.2. The number of amides is 1. The summed E-state index contributed by atoms with van der Waals surface area (Å²) >= 11 is 2.05. The van der Waals surface area contributed by atoms with Crippen LogP contribution in [0.5, 0.6) is 0 Å². The molecule has 1 unspecified atom stereocenters. The van der Waals surface area contributed by atoms with Crippen molar-refractivity contribution in [2.24, 2.45) is 5.14 Å². The Morgan fingerprint density at radius 3 is 2.65 bits per heavy atom. The number of hydrogen-bond acceptors (Lipinski definition) is 7. The number of aromatic nitrogens is 2. The first-order chi connectivity index (χ1) is 9.29. The number of aryl methyl sites for hydroxylation is 1. The summed E-state index contributed by atoms with van der Waals surface area (Å²) in [5.41, 5.74) is 0.566. The van der Waals surface area contributed by atoms with Gasteiger partial charge < -0.3 is 5.32 Å². The van der Waals surface area contributed by atoms with Crippen LogP contribution in [0.15, 0.2) is 16.3 Å². The number of nitrogens with two attached hydrogens (primary N) is 1. The van der Waals surface area contributed by atoms with Gasteiger partial charge in [0, 0.05) is 4.88 Å². The Bertz CT molecular complexity index is 735. The Balaban J connectivity index is 2.13. The second-order valence-corrected chi connectivity index (χ2v) is 7.74. The highest BCUT2D eigenvalue weighted by atomic mass is 32.2. The number of rotatable bonds is 4. The first-order valence-corrected chi connectivity index (χ1v) is 8.65. The number of thiophene rings is 1. The zero-order valence-corrected chi connectivity index (χ0v) is 13.1. The maximum absolute atomic E-state index is 12.0. The predicted octanol–water partition coefficient (Wildman–Crippen LogP) is 1.05. The number of sulfonamides is 1. The van der Waals surface area contributed by atoms with E-state index >= 15 is 0 Å². The SMILES string of the molecule is Cc1nnsc1C(=O)NC(C)c1ccc(S(N)(=O)=O)s1. The highest BCUT2D eigenvalue weighted by molar-refractivity contribution is 7.91. The smallest absolute Gasteiger partial charge is 0.265 e. The van der Waals surface area contributed by atoms with Crippen molar-refractivity contribution in [3.05, 3.63) is 27.6 Å². The van der Waals surface area contributed by atoms with Crippen LogP contribution >= 0.6 is 22.9 Å². The van der Waals surface area contributed by atoms with Gasteiger partial charge in [-0.2, -0.15) is 0 Å². The van der Waals surface area contributed by atoms with Crippen LogP contribution < -0.4 is 10.5 Å². The largest absolute Gasteiger partial charge is 0.344 e. The fraction of sp³-hybridized carbons (Fsp3) is 0.300. The van der Waals surface area contributed by atoms with Crippen LogP contribution in [0.4, 0.5) is 0 Å². The average molecular weight is 332 g/mol. The first kappa shape index (κ1) is 15.0. The minimum Gasteiger partial charge on any atom is -0.344 e. The third-order valence-electron chi connectivity index (χ3n) is 2.51. The number of hydrogen-bond donors (Lipinski definition) is 2. The molecule has 108 valence electrons. The van der Waals surface area contributed by atoms with Crippen LogP contribution in [0, 0.1) is 6.92 Å². The van der Waals surface area contributed by atoms with Crippen molar-refractivity contribution < 1.29 is 13.2 Å². The first-order valence-electron chi connectivity index (χ1n) is 5.51. The van der Waals surface area contributed by atoms with Gasteiger partial charge in [0.15, 0.2) is 0 Å². The number of primary sulfonamides is 1. The van der Waals surface area contributed by atoms with E-state index in [1.165, 1.54) is 6.07 Å². The third-order valence-corrected chi connectivity index (χ3v) is 6.05. The van der Waals surface area contributed by atoms with E-state index in [1.54, 1.807) is 19.9 Å². The maximum Gasteiger partial charge on any atom is 0.265 e. The van der Waals surface area contributed by atoms with Gasteiger partial charge in [-0.15, -0.1) is 16.4 Å². The van der Waals surface area contributed by atoms with Crippen LogP contribution in [0.25, 0.3) is 0 Å². The molecule has 0 aliphatic rings. The zero-order chi connectivity index (χ0) is 14.9. The van der Waals surface area contributed by atoms with Crippen molar-refractivity contribution >= 4 is 38.8 Å². The standard InChI is InChI=1S/C10H12N4O3S3/c1-5(7-3-4-8(18-7)20(11,16)17)12-10(15)9-6(2)13-14-19-9/h3-5H,1-2H3,(H,12,15)(H2,11,16,17). The Hall–Kier alpha value is -1.36. The minimum absolute atomic E-state index is 0.0734. The quantitative estimate of drug-likeness (QED) is 0.868. The monoisotopic (exact) mass is 332 g/mol. The molecule has 2 aromatic heterocycles. The van der Waals surface area contributed by atoms with E-state index in [-0.39, 0.29) is 16.2 Å². The summed E-state index contributed by atoms with van der Waals surface area (Å²) in [6, 6.07) is 2.73. The van der Waals surface area contributed by atoms with Gasteiger partial charge in [0.1, 0.15) is 9.09 Å². The van der Waals surface area contributed by atoms with Gasteiger partial charge in [-0.3, -0.25) is 4.79 Å². The van der Waals surface area contributed by atoms with E-state index in [9.17, 15) is 13.2 Å². The molecule has 2 heterocycles. The Kier molecular flexibility index (Phi) is 4.18. The summed E-state index contributed by atoms with van der Waals surface area (Å²) in [6.45, 7) is 3.47. The number of carbonyl (C=O) groups is 1. The molecule has 1 atom stereocenters. The average Bonchev–Trinajstić information content (AvgIpc) is 2.95. The van der Waals surface area contributed by atoms with E-state index in [1.807, 2.05) is 0 Å². The molecule has 7 nitrogen and oxygen atoms in total. The molecule has 0 aliphatic carbocycles. The second kappa shape index (κ2) is 5.56. The molecular weight excluding hydrogens is 320 g/mol. The molecule has 20 heavy (non-hydrogen) atoms. The lowest BCUT2D eigenvalue weighted by Crippen LogP contribution is -2.25. The zero-order valence-electron chi connectivity index (χ0n) is 10.7. The van der Waals surface area contributed by atoms with Crippen molar-refractivity contribution in [1.29, 1.82) is 0 Å². The van der Waals surface area contributed by atoms with Crippen molar-refractivity contribution in [3.63, 3.8) is 0 Å². The third kappa shape index (κ3) is 3.20. The van der Waals surface area contributed by atoms with Gasteiger partial charge in [-0.05, 0) is 37.5 Å². The molecular formula is C10H12N4O3S3. The summed E-state index contributed by atoms with van der Waals surface area (Å²) < 4.78 is 26.2. The highest BCUT2D eigenvalue weighted by Gasteiger charge is 2.19. The molecule has 0 aliphatic heterocycles. The number of nitrogens with zero attached hydrogens (tertiary/aromatic N) is 2. The van der Waals surface area contributed by atoms with Gasteiger partial charge in [-0.1, -0.05) is 4.49 Å². The lowest BCUT2D eigenvalue weighted by atomic mass is 10.2. The summed E-state index contributed by atoms with van der Waals surface area (Å²) in [5.74, 6) is -0.282. The van der Waals surface area contributed by atoms with E-state index in [2.05, 4.69) is 14.9 Å². The van der Waals surface area contributed by atoms with Gasteiger partial charge in [-0.25, -0.2) is 13.6 Å². The number of nitrogens with one attached hydrogen (secondary N) is 1. The molecule has 2 aromatic rings. The fourth-order valence-corrected chi connectivity index (χ4v) is 3.80. The molecule has 0 saturated carbocycles. The highest BCUT2D eigenvalue weighted by Crippen LogP contribution is 2.26. The minimum atomic E-state index is -3.71. The number of carbonyl (C=O) groups excluding carboxylic acids is 1. The van der Waals surface area contributed by atoms with Crippen molar-refractivity contribution in [1.82, 2.24) is 14.9 Å². The fourth-order valence-electron chi connectivity index (χ4n) is 1.49. The van der Waals surface area contributed by atoms with Gasteiger partial charge in [0.05, 0.1) is 11.7 Å². The Morgan fingerprint density at radius 1 is 1.45 bits per heavy atom. The molecule has 0 spiro atoms. The van der Waals surface area contributed by atoms with Crippen molar-refractivity contribution in [2.75, 3.05) is 0 Å². The summed E-state index contributed by atoms with van der Waals surface area (Å²) in [4.78, 5) is 13.1. The van der Waals surface area contributed by atoms with Crippen LogP contribution in [0.2, 0.25) is 0 Å². The molecule has 0 radical (unpaired) electrons. The molecule has 0 aromatic carbocycles. The van der Waals surface area contributed by atoms with E-state index in [4.69, 9.17) is 5.14 Å². The lowest BCUT2D eigenvalue weighted by molar-refractivity contribution is 0.0944. The second-order valence-electron chi connectivity index (χ2n) is 4.08. The van der Waals surface area contributed by atoms with Gasteiger partial charge >= 0.3 is 0 Å². The van der Waals surface area contributed by atoms with Gasteiger partial charge in [0.25, 0.3) is 5.91 Å². The summed E-state index contributed by atoms with van der Waals surface area (Å²) in [7, 11) is -3.71. The molecule has 2 rings (SSSR count). The summed E-state index contributed by atoms with van der Waals surface area (Å²) in [6.07, 6.45) is 0. The Morgan fingerprint density at radius 2 is 2.15 bits per heavy atom. The summed E-state index contributed by atoms with van der Waals surface area (Å²) in [5, 5.41) is 11.6. The molecule has 1 amide bonds. The van der Waals surface area contributed by atoms with Crippen molar-refractivity contribution in [3.8, 4) is 0 Å². The molecule has 0 saturated heterocycles.